The van der Waals surface area contributed by atoms with Crippen molar-refractivity contribution in [1.29, 1.82) is 0 Å². The van der Waals surface area contributed by atoms with E-state index in [9.17, 15) is 0 Å². The first kappa shape index (κ1) is 8.28. The molecule has 4 saturated carbocycles. The van der Waals surface area contributed by atoms with E-state index in [4.69, 9.17) is 5.73 Å². The van der Waals surface area contributed by atoms with Crippen LogP contribution in [-0.4, -0.2) is 6.04 Å². The molecule has 13 heavy (non-hydrogen) atoms. The lowest BCUT2D eigenvalue weighted by Crippen LogP contribution is -2.34. The quantitative estimate of drug-likeness (QED) is 0.607. The largest absolute Gasteiger partial charge is 0.327 e. The summed E-state index contributed by atoms with van der Waals surface area (Å²) < 4.78 is 0. The molecular formula is C12H21N. The molecule has 1 heteroatoms. The topological polar surface area (TPSA) is 26.0 Å². The van der Waals surface area contributed by atoms with Gasteiger partial charge in [0.15, 0.2) is 0 Å². The SMILES string of the molecule is NC1CC2CCC3CC[C@H]2CCC13. The van der Waals surface area contributed by atoms with Crippen LogP contribution < -0.4 is 5.73 Å². The summed E-state index contributed by atoms with van der Waals surface area (Å²) in [4.78, 5) is 0. The highest BCUT2D eigenvalue weighted by atomic mass is 14.7. The Morgan fingerprint density at radius 3 is 2.15 bits per heavy atom. The zero-order valence-corrected chi connectivity index (χ0v) is 8.41. The van der Waals surface area contributed by atoms with Crippen LogP contribution in [0.2, 0.25) is 0 Å². The van der Waals surface area contributed by atoms with Crippen molar-refractivity contribution in [3.63, 3.8) is 0 Å². The van der Waals surface area contributed by atoms with E-state index in [1.54, 1.807) is 0 Å². The van der Waals surface area contributed by atoms with Gasteiger partial charge in [-0.1, -0.05) is 0 Å². The van der Waals surface area contributed by atoms with Gasteiger partial charge in [0.1, 0.15) is 0 Å². The average Bonchev–Trinajstić information content (AvgIpc) is 2.48. The normalized spacial score (nSPS) is 54.7. The average molecular weight is 179 g/mol. The molecule has 4 aliphatic carbocycles. The second-order valence-electron chi connectivity index (χ2n) is 5.58. The predicted octanol–water partition coefficient (Wildman–Crippen LogP) is 2.55. The van der Waals surface area contributed by atoms with Crippen LogP contribution in [0, 0.1) is 23.7 Å². The maximum Gasteiger partial charge on any atom is 0.00725 e. The highest BCUT2D eigenvalue weighted by molar-refractivity contribution is 4.95. The highest BCUT2D eigenvalue weighted by Crippen LogP contribution is 2.49. The molecule has 4 aliphatic rings. The van der Waals surface area contributed by atoms with Gasteiger partial charge in [-0.05, 0) is 68.6 Å². The minimum Gasteiger partial charge on any atom is -0.327 e. The van der Waals surface area contributed by atoms with Crippen LogP contribution >= 0.6 is 0 Å². The van der Waals surface area contributed by atoms with E-state index in [0.717, 1.165) is 23.7 Å². The van der Waals surface area contributed by atoms with Crippen molar-refractivity contribution in [3.05, 3.63) is 0 Å². The Balaban J connectivity index is 1.97. The van der Waals surface area contributed by atoms with E-state index in [1.165, 1.54) is 44.9 Å². The lowest BCUT2D eigenvalue weighted by molar-refractivity contribution is 0.261. The molecule has 2 N–H and O–H groups in total. The van der Waals surface area contributed by atoms with Crippen LogP contribution in [0.5, 0.6) is 0 Å². The van der Waals surface area contributed by atoms with E-state index in [0.29, 0.717) is 6.04 Å². The smallest absolute Gasteiger partial charge is 0.00725 e. The molecule has 4 fully saturated rings. The molecule has 74 valence electrons. The Hall–Kier alpha value is -0.0400. The molecule has 0 heterocycles. The van der Waals surface area contributed by atoms with E-state index in [-0.39, 0.29) is 0 Å². The number of rotatable bonds is 0. The molecule has 0 aromatic carbocycles. The molecular weight excluding hydrogens is 158 g/mol. The summed E-state index contributed by atoms with van der Waals surface area (Å²) in [5.74, 6) is 3.97. The highest BCUT2D eigenvalue weighted by Gasteiger charge is 2.42. The van der Waals surface area contributed by atoms with Gasteiger partial charge < -0.3 is 5.73 Å². The first-order valence-electron chi connectivity index (χ1n) is 6.10. The van der Waals surface area contributed by atoms with Gasteiger partial charge in [0, 0.05) is 6.04 Å². The number of nitrogens with two attached hydrogens (primary N) is 1. The van der Waals surface area contributed by atoms with E-state index in [2.05, 4.69) is 0 Å². The Bertz CT molecular complexity index is 197. The van der Waals surface area contributed by atoms with Crippen molar-refractivity contribution in [2.75, 3.05) is 0 Å². The molecule has 0 aromatic rings. The zero-order chi connectivity index (χ0) is 8.84. The maximum absolute atomic E-state index is 6.31. The van der Waals surface area contributed by atoms with Gasteiger partial charge in [0.25, 0.3) is 0 Å². The number of hydrogen-bond acceptors (Lipinski definition) is 1. The fourth-order valence-corrected chi connectivity index (χ4v) is 4.32. The lowest BCUT2D eigenvalue weighted by Gasteiger charge is -2.28. The molecule has 4 bridgehead atoms. The van der Waals surface area contributed by atoms with Gasteiger partial charge in [-0.15, -0.1) is 0 Å². The summed E-state index contributed by atoms with van der Waals surface area (Å²) in [6.45, 7) is 0. The van der Waals surface area contributed by atoms with Crippen LogP contribution in [0.15, 0.2) is 0 Å². The van der Waals surface area contributed by atoms with E-state index >= 15 is 0 Å². The van der Waals surface area contributed by atoms with Crippen molar-refractivity contribution < 1.29 is 0 Å². The van der Waals surface area contributed by atoms with Gasteiger partial charge in [-0.2, -0.15) is 0 Å². The van der Waals surface area contributed by atoms with Gasteiger partial charge in [0.2, 0.25) is 0 Å². The lowest BCUT2D eigenvalue weighted by atomic mass is 9.81. The van der Waals surface area contributed by atoms with Gasteiger partial charge in [-0.3, -0.25) is 0 Å². The summed E-state index contributed by atoms with van der Waals surface area (Å²) in [6.07, 6.45) is 10.3. The second-order valence-corrected chi connectivity index (χ2v) is 5.58. The molecule has 0 saturated heterocycles. The van der Waals surface area contributed by atoms with Crippen molar-refractivity contribution >= 4 is 0 Å². The van der Waals surface area contributed by atoms with E-state index in [1.807, 2.05) is 0 Å². The summed E-state index contributed by atoms with van der Waals surface area (Å²) in [7, 11) is 0. The van der Waals surface area contributed by atoms with Crippen LogP contribution in [-0.2, 0) is 0 Å². The number of fused-ring (bicyclic) bond motifs is 4. The Kier molecular flexibility index (Phi) is 1.90. The van der Waals surface area contributed by atoms with Crippen LogP contribution in [0.1, 0.15) is 44.9 Å². The third-order valence-corrected chi connectivity index (χ3v) is 5.08. The standard InChI is InChI=1S/C12H21N/c13-12-7-10-4-3-9-2-1-8(10)5-6-11(9)12/h8-12H,1-7,13H2/t8-,9?,10?,11?,12?/m0/s1. The van der Waals surface area contributed by atoms with Gasteiger partial charge in [-0.25, -0.2) is 0 Å². The molecule has 0 aliphatic heterocycles. The second kappa shape index (κ2) is 2.98. The third kappa shape index (κ3) is 1.24. The molecule has 5 atom stereocenters. The van der Waals surface area contributed by atoms with Crippen molar-refractivity contribution in [2.45, 2.75) is 51.0 Å². The summed E-state index contributed by atoms with van der Waals surface area (Å²) >= 11 is 0. The monoisotopic (exact) mass is 179 g/mol. The fraction of sp³-hybridized carbons (Fsp3) is 1.00. The maximum atomic E-state index is 6.31. The summed E-state index contributed by atoms with van der Waals surface area (Å²) in [6, 6.07) is 0.558. The molecule has 4 rings (SSSR count). The summed E-state index contributed by atoms with van der Waals surface area (Å²) in [5.41, 5.74) is 6.31. The third-order valence-electron chi connectivity index (χ3n) is 5.08. The van der Waals surface area contributed by atoms with Crippen molar-refractivity contribution in [2.24, 2.45) is 29.4 Å². The van der Waals surface area contributed by atoms with E-state index < -0.39 is 0 Å². The van der Waals surface area contributed by atoms with Crippen molar-refractivity contribution in [1.82, 2.24) is 0 Å². The number of hydrogen-bond donors (Lipinski definition) is 1. The molecule has 0 aromatic heterocycles. The molecule has 0 spiro atoms. The van der Waals surface area contributed by atoms with Gasteiger partial charge >= 0.3 is 0 Å². The minimum atomic E-state index is 0.558. The molecule has 0 radical (unpaired) electrons. The molecule has 0 amide bonds. The first-order chi connectivity index (χ1) is 6.34. The fourth-order valence-electron chi connectivity index (χ4n) is 4.32. The minimum absolute atomic E-state index is 0.558. The zero-order valence-electron chi connectivity index (χ0n) is 8.41. The first-order valence-corrected chi connectivity index (χ1v) is 6.10. The molecule has 1 nitrogen and oxygen atoms in total. The Labute approximate surface area is 81.1 Å². The predicted molar refractivity (Wildman–Crippen MR) is 54.3 cm³/mol. The summed E-state index contributed by atoms with van der Waals surface area (Å²) in [5, 5.41) is 0. The Morgan fingerprint density at radius 2 is 1.31 bits per heavy atom. The Morgan fingerprint density at radius 1 is 0.692 bits per heavy atom. The van der Waals surface area contributed by atoms with Crippen LogP contribution in [0.3, 0.4) is 0 Å². The molecule has 4 unspecified atom stereocenters. The van der Waals surface area contributed by atoms with Crippen LogP contribution in [0.25, 0.3) is 0 Å². The van der Waals surface area contributed by atoms with Gasteiger partial charge in [0.05, 0.1) is 0 Å². The van der Waals surface area contributed by atoms with Crippen molar-refractivity contribution in [3.8, 4) is 0 Å². The van der Waals surface area contributed by atoms with Crippen LogP contribution in [0.4, 0.5) is 0 Å².